The number of rotatable bonds is 2. The predicted octanol–water partition coefficient (Wildman–Crippen LogP) is 2.14. The molecule has 4 rings (SSSR count). The molecule has 3 heterocycles. The Balaban J connectivity index is 1.69. The number of carbonyl (C=O) groups is 1. The average Bonchev–Trinajstić information content (AvgIpc) is 3.27. The van der Waals surface area contributed by atoms with E-state index < -0.39 is 5.76 Å². The van der Waals surface area contributed by atoms with Crippen molar-refractivity contribution in [3.8, 4) is 0 Å². The van der Waals surface area contributed by atoms with Crippen molar-refractivity contribution < 1.29 is 9.21 Å². The van der Waals surface area contributed by atoms with E-state index in [4.69, 9.17) is 4.42 Å². The molecule has 3 aromatic rings. The lowest BCUT2D eigenvalue weighted by Crippen LogP contribution is -2.31. The van der Waals surface area contributed by atoms with Gasteiger partial charge in [0.25, 0.3) is 5.91 Å². The molecule has 124 valence electrons. The van der Waals surface area contributed by atoms with Gasteiger partial charge >= 0.3 is 5.76 Å². The smallest absolute Gasteiger partial charge is 0.408 e. The molecule has 7 nitrogen and oxygen atoms in total. The van der Waals surface area contributed by atoms with E-state index >= 15 is 0 Å². The summed E-state index contributed by atoms with van der Waals surface area (Å²) in [6, 6.07) is 5.06. The Morgan fingerprint density at radius 3 is 3.00 bits per heavy atom. The van der Waals surface area contributed by atoms with E-state index in [-0.39, 0.29) is 11.9 Å². The van der Waals surface area contributed by atoms with Gasteiger partial charge in [-0.05, 0) is 38.0 Å². The molecular weight excluding hydrogens is 308 g/mol. The topological polar surface area (TPSA) is 84.1 Å². The van der Waals surface area contributed by atoms with Gasteiger partial charge in [-0.2, -0.15) is 0 Å². The first kappa shape index (κ1) is 14.7. The van der Waals surface area contributed by atoms with Crippen molar-refractivity contribution >= 4 is 17.0 Å². The van der Waals surface area contributed by atoms with Crippen LogP contribution in [0.15, 0.2) is 33.6 Å². The van der Waals surface area contributed by atoms with Gasteiger partial charge in [0.1, 0.15) is 5.82 Å². The van der Waals surface area contributed by atoms with Crippen LogP contribution in [0.3, 0.4) is 0 Å². The number of fused-ring (bicyclic) bond motifs is 1. The molecule has 0 aliphatic carbocycles. The summed E-state index contributed by atoms with van der Waals surface area (Å²) in [5, 5.41) is 0. The number of imidazole rings is 1. The fourth-order valence-electron chi connectivity index (χ4n) is 3.32. The number of carbonyl (C=O) groups excluding carboxylic acids is 1. The minimum atomic E-state index is -0.431. The number of aromatic amines is 1. The van der Waals surface area contributed by atoms with Crippen molar-refractivity contribution in [2.24, 2.45) is 7.05 Å². The average molecular weight is 326 g/mol. The van der Waals surface area contributed by atoms with E-state index in [0.717, 1.165) is 24.4 Å². The molecule has 0 unspecified atom stereocenters. The molecular formula is C17H18N4O3. The lowest BCUT2D eigenvalue weighted by Gasteiger charge is -2.23. The highest BCUT2D eigenvalue weighted by atomic mass is 16.4. The quantitative estimate of drug-likeness (QED) is 0.782. The first-order valence-corrected chi connectivity index (χ1v) is 7.96. The first-order chi connectivity index (χ1) is 11.5. The van der Waals surface area contributed by atoms with Gasteiger partial charge in [-0.3, -0.25) is 9.36 Å². The summed E-state index contributed by atoms with van der Waals surface area (Å²) in [6.07, 6.45) is 3.62. The number of hydrogen-bond acceptors (Lipinski definition) is 4. The van der Waals surface area contributed by atoms with E-state index in [9.17, 15) is 9.59 Å². The van der Waals surface area contributed by atoms with Crippen molar-refractivity contribution in [2.75, 3.05) is 6.54 Å². The second-order valence-electron chi connectivity index (χ2n) is 6.22. The van der Waals surface area contributed by atoms with Crippen molar-refractivity contribution in [1.82, 2.24) is 19.4 Å². The standard InChI is InChI=1S/C17H18N4O3/c1-10-9-18-15(19-10)12-4-3-7-21(12)16(22)11-5-6-14-13(8-11)20(2)17(23)24-14/h5-6,8-9,12H,3-4,7H2,1-2H3,(H,18,19)/t12-/m1/s1. The Morgan fingerprint density at radius 1 is 1.42 bits per heavy atom. The van der Waals surface area contributed by atoms with Crippen LogP contribution in [-0.4, -0.2) is 31.9 Å². The number of H-pyrrole nitrogens is 1. The summed E-state index contributed by atoms with van der Waals surface area (Å²) in [4.78, 5) is 34.0. The third-order valence-electron chi connectivity index (χ3n) is 4.59. The summed E-state index contributed by atoms with van der Waals surface area (Å²) < 4.78 is 6.53. The third kappa shape index (κ3) is 2.24. The molecule has 0 saturated carbocycles. The number of likely N-dealkylation sites (tertiary alicyclic amines) is 1. The maximum absolute atomic E-state index is 13.0. The van der Waals surface area contributed by atoms with Crippen LogP contribution in [0.5, 0.6) is 0 Å². The second kappa shape index (κ2) is 5.36. The fourth-order valence-corrected chi connectivity index (χ4v) is 3.32. The molecule has 1 aliphatic heterocycles. The number of benzene rings is 1. The van der Waals surface area contributed by atoms with Crippen molar-refractivity contribution in [3.05, 3.63) is 52.0 Å². The van der Waals surface area contributed by atoms with Crippen LogP contribution in [0.25, 0.3) is 11.1 Å². The molecule has 7 heteroatoms. The largest absolute Gasteiger partial charge is 0.419 e. The van der Waals surface area contributed by atoms with Gasteiger partial charge in [0.05, 0.1) is 11.6 Å². The molecule has 2 aromatic heterocycles. The third-order valence-corrected chi connectivity index (χ3v) is 4.59. The van der Waals surface area contributed by atoms with E-state index in [1.807, 2.05) is 11.8 Å². The summed E-state index contributed by atoms with van der Waals surface area (Å²) in [5.41, 5.74) is 2.64. The van der Waals surface area contributed by atoms with Gasteiger partial charge in [0, 0.05) is 31.0 Å². The molecule has 0 radical (unpaired) electrons. The van der Waals surface area contributed by atoms with Crippen LogP contribution in [0, 0.1) is 6.92 Å². The maximum atomic E-state index is 13.0. The van der Waals surface area contributed by atoms with Gasteiger partial charge in [-0.1, -0.05) is 0 Å². The van der Waals surface area contributed by atoms with Gasteiger partial charge in [0.2, 0.25) is 0 Å². The normalized spacial score (nSPS) is 17.8. The van der Waals surface area contributed by atoms with E-state index in [1.165, 1.54) is 4.57 Å². The fraction of sp³-hybridized carbons (Fsp3) is 0.353. The maximum Gasteiger partial charge on any atom is 0.419 e. The van der Waals surface area contributed by atoms with Crippen LogP contribution >= 0.6 is 0 Å². The lowest BCUT2D eigenvalue weighted by molar-refractivity contribution is 0.0730. The highest BCUT2D eigenvalue weighted by molar-refractivity contribution is 5.97. The van der Waals surface area contributed by atoms with Crippen molar-refractivity contribution in [1.29, 1.82) is 0 Å². The first-order valence-electron chi connectivity index (χ1n) is 7.96. The summed E-state index contributed by atoms with van der Waals surface area (Å²) in [5.74, 6) is 0.344. The summed E-state index contributed by atoms with van der Waals surface area (Å²) in [7, 11) is 1.63. The van der Waals surface area contributed by atoms with Crippen LogP contribution in [-0.2, 0) is 7.05 Å². The van der Waals surface area contributed by atoms with Crippen LogP contribution in [0.4, 0.5) is 0 Å². The number of amides is 1. The Morgan fingerprint density at radius 2 is 2.25 bits per heavy atom. The number of oxazole rings is 1. The Hall–Kier alpha value is -2.83. The van der Waals surface area contributed by atoms with Crippen molar-refractivity contribution in [2.45, 2.75) is 25.8 Å². The molecule has 1 aliphatic rings. The highest BCUT2D eigenvalue weighted by Gasteiger charge is 2.32. The van der Waals surface area contributed by atoms with E-state index in [0.29, 0.717) is 23.2 Å². The highest BCUT2D eigenvalue weighted by Crippen LogP contribution is 2.31. The summed E-state index contributed by atoms with van der Waals surface area (Å²) >= 11 is 0. The molecule has 24 heavy (non-hydrogen) atoms. The zero-order valence-corrected chi connectivity index (χ0v) is 13.6. The molecule has 0 spiro atoms. The number of nitrogens with one attached hydrogen (secondary N) is 1. The SMILES string of the molecule is Cc1cnc([C@H]2CCCN2C(=O)c2ccc3oc(=O)n(C)c3c2)[nH]1. The Labute approximate surface area is 137 Å². The molecule has 1 atom stereocenters. The monoisotopic (exact) mass is 326 g/mol. The van der Waals surface area contributed by atoms with Crippen LogP contribution in [0.1, 0.15) is 40.8 Å². The van der Waals surface area contributed by atoms with Gasteiger partial charge < -0.3 is 14.3 Å². The number of hydrogen-bond donors (Lipinski definition) is 1. The summed E-state index contributed by atoms with van der Waals surface area (Å²) in [6.45, 7) is 2.65. The van der Waals surface area contributed by atoms with Crippen LogP contribution in [0.2, 0.25) is 0 Å². The number of nitrogens with zero attached hydrogens (tertiary/aromatic N) is 3. The van der Waals surface area contributed by atoms with Gasteiger partial charge in [-0.25, -0.2) is 9.78 Å². The van der Waals surface area contributed by atoms with Gasteiger partial charge in [-0.15, -0.1) is 0 Å². The zero-order valence-electron chi connectivity index (χ0n) is 13.6. The molecule has 0 bridgehead atoms. The minimum absolute atomic E-state index is 0.0323. The Kier molecular flexibility index (Phi) is 3.30. The van der Waals surface area contributed by atoms with Gasteiger partial charge in [0.15, 0.2) is 5.58 Å². The van der Waals surface area contributed by atoms with Crippen molar-refractivity contribution in [3.63, 3.8) is 0 Å². The molecule has 1 N–H and O–H groups in total. The van der Waals surface area contributed by atoms with Crippen LogP contribution < -0.4 is 5.76 Å². The second-order valence-corrected chi connectivity index (χ2v) is 6.22. The molecule has 1 fully saturated rings. The van der Waals surface area contributed by atoms with E-state index in [2.05, 4.69) is 9.97 Å². The molecule has 1 aromatic carbocycles. The van der Waals surface area contributed by atoms with E-state index in [1.54, 1.807) is 31.4 Å². The minimum Gasteiger partial charge on any atom is -0.408 e. The number of aryl methyl sites for hydroxylation is 2. The number of aromatic nitrogens is 3. The lowest BCUT2D eigenvalue weighted by atomic mass is 10.1. The molecule has 1 saturated heterocycles. The predicted molar refractivity (Wildman–Crippen MR) is 87.8 cm³/mol. The Bertz CT molecular complexity index is 981. The molecule has 1 amide bonds. The zero-order chi connectivity index (χ0) is 16.8.